The molecule has 0 aliphatic heterocycles. The Morgan fingerprint density at radius 2 is 1.56 bits per heavy atom. The zero-order valence-electron chi connectivity index (χ0n) is 10.7. The molecule has 0 unspecified atom stereocenters. The number of nitrogens with one attached hydrogen (secondary N) is 1. The lowest BCUT2D eigenvalue weighted by atomic mass is 9.87. The van der Waals surface area contributed by atoms with E-state index in [-0.39, 0.29) is 16.5 Å². The first-order chi connectivity index (χ1) is 8.38. The van der Waals surface area contributed by atoms with Crippen LogP contribution < -0.4 is 11.1 Å². The van der Waals surface area contributed by atoms with Gasteiger partial charge in [-0.25, -0.2) is 4.68 Å². The molecule has 2 rings (SSSR count). The number of H-pyrrole nitrogens is 1. The minimum absolute atomic E-state index is 0.0631. The number of nitrogens with zero attached hydrogens (tertiary/aromatic N) is 1. The summed E-state index contributed by atoms with van der Waals surface area (Å²) in [6.45, 7) is 6.37. The monoisotopic (exact) mass is 244 g/mol. The molecule has 0 saturated carbocycles. The first kappa shape index (κ1) is 12.4. The summed E-state index contributed by atoms with van der Waals surface area (Å²) in [5, 5.41) is 2.50. The number of rotatable bonds is 1. The van der Waals surface area contributed by atoms with Crippen molar-refractivity contribution in [2.45, 2.75) is 26.2 Å². The van der Waals surface area contributed by atoms with Gasteiger partial charge in [0.15, 0.2) is 0 Å². The van der Waals surface area contributed by atoms with Crippen molar-refractivity contribution in [1.29, 1.82) is 0 Å². The zero-order valence-corrected chi connectivity index (χ0v) is 10.7. The van der Waals surface area contributed by atoms with Crippen molar-refractivity contribution in [2.24, 2.45) is 0 Å². The molecule has 1 aromatic carbocycles. The molecular formula is C14H16N2O2. The largest absolute Gasteiger partial charge is 0.269 e. The highest BCUT2D eigenvalue weighted by molar-refractivity contribution is 5.36. The molecule has 0 aliphatic carbocycles. The van der Waals surface area contributed by atoms with Crippen LogP contribution in [0.5, 0.6) is 0 Å². The average Bonchev–Trinajstić information content (AvgIpc) is 2.31. The molecule has 1 heterocycles. The molecule has 1 N–H and O–H groups in total. The number of hydrogen-bond donors (Lipinski definition) is 1. The average molecular weight is 244 g/mol. The maximum absolute atomic E-state index is 11.6. The van der Waals surface area contributed by atoms with E-state index in [2.05, 4.69) is 25.9 Å². The molecule has 0 aliphatic rings. The summed E-state index contributed by atoms with van der Waals surface area (Å²) in [6, 6.07) is 10.1. The van der Waals surface area contributed by atoms with Gasteiger partial charge in [-0.15, -0.1) is 0 Å². The fourth-order valence-electron chi connectivity index (χ4n) is 1.73. The van der Waals surface area contributed by atoms with Crippen molar-refractivity contribution < 1.29 is 0 Å². The lowest BCUT2D eigenvalue weighted by Crippen LogP contribution is -2.26. The Balaban J connectivity index is 2.50. The third kappa shape index (κ3) is 2.42. The van der Waals surface area contributed by atoms with Gasteiger partial charge in [0.05, 0.1) is 5.69 Å². The number of hydrogen-bond acceptors (Lipinski definition) is 2. The fourth-order valence-corrected chi connectivity index (χ4v) is 1.73. The molecule has 0 atom stereocenters. The molecule has 1 aromatic heterocycles. The molecule has 4 nitrogen and oxygen atoms in total. The van der Waals surface area contributed by atoms with E-state index in [1.165, 1.54) is 22.4 Å². The molecule has 18 heavy (non-hydrogen) atoms. The van der Waals surface area contributed by atoms with Crippen molar-refractivity contribution in [1.82, 2.24) is 9.78 Å². The molecular weight excluding hydrogens is 228 g/mol. The van der Waals surface area contributed by atoms with Gasteiger partial charge in [0, 0.05) is 12.1 Å². The Hall–Kier alpha value is -2.10. The standard InChI is InChI=1S/C14H16N2O2/c1-14(2,3)10-4-6-11(7-5-10)16-13(18)9-8-12(17)15-16/h4-9H,1-3H3,(H,15,17). The molecule has 0 bridgehead atoms. The van der Waals surface area contributed by atoms with Crippen LogP contribution in [0.2, 0.25) is 0 Å². The first-order valence-corrected chi connectivity index (χ1v) is 5.81. The molecule has 0 amide bonds. The molecule has 2 aromatic rings. The highest BCUT2D eigenvalue weighted by Gasteiger charge is 2.13. The third-order valence-corrected chi connectivity index (χ3v) is 2.81. The van der Waals surface area contributed by atoms with Gasteiger partial charge in [-0.2, -0.15) is 0 Å². The van der Waals surface area contributed by atoms with Crippen molar-refractivity contribution in [3.63, 3.8) is 0 Å². The van der Waals surface area contributed by atoms with Crippen LogP contribution >= 0.6 is 0 Å². The summed E-state index contributed by atoms with van der Waals surface area (Å²) in [4.78, 5) is 22.9. The van der Waals surface area contributed by atoms with E-state index in [0.29, 0.717) is 5.69 Å². The fraction of sp³-hybridized carbons (Fsp3) is 0.286. The van der Waals surface area contributed by atoms with Crippen LogP contribution in [0.15, 0.2) is 46.0 Å². The van der Waals surface area contributed by atoms with Crippen LogP contribution in [0.25, 0.3) is 5.69 Å². The van der Waals surface area contributed by atoms with E-state index < -0.39 is 0 Å². The van der Waals surface area contributed by atoms with Crippen LogP contribution in [0.3, 0.4) is 0 Å². The van der Waals surface area contributed by atoms with Crippen molar-refractivity contribution in [2.75, 3.05) is 0 Å². The van der Waals surface area contributed by atoms with E-state index in [4.69, 9.17) is 0 Å². The van der Waals surface area contributed by atoms with Gasteiger partial charge in [0.2, 0.25) is 0 Å². The van der Waals surface area contributed by atoms with Gasteiger partial charge in [-0.1, -0.05) is 32.9 Å². The van der Waals surface area contributed by atoms with Crippen molar-refractivity contribution in [3.05, 3.63) is 62.7 Å². The summed E-state index contributed by atoms with van der Waals surface area (Å²) in [7, 11) is 0. The normalized spacial score (nSPS) is 11.5. The molecule has 0 spiro atoms. The van der Waals surface area contributed by atoms with Crippen LogP contribution in [-0.2, 0) is 5.41 Å². The summed E-state index contributed by atoms with van der Waals surface area (Å²) in [6.07, 6.45) is 0. The van der Waals surface area contributed by atoms with Gasteiger partial charge in [-0.05, 0) is 23.1 Å². The summed E-state index contributed by atoms with van der Waals surface area (Å²) in [5.74, 6) is 0. The molecule has 0 radical (unpaired) electrons. The SMILES string of the molecule is CC(C)(C)c1ccc(-n2[nH]c(=O)ccc2=O)cc1. The molecule has 4 heteroatoms. The second-order valence-electron chi connectivity index (χ2n) is 5.28. The second-order valence-corrected chi connectivity index (χ2v) is 5.28. The van der Waals surface area contributed by atoms with Crippen molar-refractivity contribution in [3.8, 4) is 5.69 Å². The number of benzene rings is 1. The van der Waals surface area contributed by atoms with E-state index in [1.807, 2.05) is 24.3 Å². The van der Waals surface area contributed by atoms with Crippen LogP contribution in [-0.4, -0.2) is 9.78 Å². The summed E-state index contributed by atoms with van der Waals surface area (Å²) < 4.78 is 1.24. The molecule has 94 valence electrons. The molecule has 0 saturated heterocycles. The number of aromatic nitrogens is 2. The van der Waals surface area contributed by atoms with Gasteiger partial charge >= 0.3 is 0 Å². The third-order valence-electron chi connectivity index (χ3n) is 2.81. The van der Waals surface area contributed by atoms with E-state index >= 15 is 0 Å². The Morgan fingerprint density at radius 3 is 2.11 bits per heavy atom. The van der Waals surface area contributed by atoms with Crippen LogP contribution in [0.4, 0.5) is 0 Å². The molecule has 0 fully saturated rings. The Morgan fingerprint density at radius 1 is 0.944 bits per heavy atom. The van der Waals surface area contributed by atoms with E-state index in [0.717, 1.165) is 0 Å². The Kier molecular flexibility index (Phi) is 2.95. The predicted octanol–water partition coefficient (Wildman–Crippen LogP) is 1.82. The maximum Gasteiger partial charge on any atom is 0.269 e. The highest BCUT2D eigenvalue weighted by atomic mass is 16.1. The highest BCUT2D eigenvalue weighted by Crippen LogP contribution is 2.22. The Bertz CT molecular complexity index is 658. The lowest BCUT2D eigenvalue weighted by molar-refractivity contribution is 0.590. The second kappa shape index (κ2) is 4.29. The van der Waals surface area contributed by atoms with Gasteiger partial charge in [0.1, 0.15) is 0 Å². The minimum Gasteiger partial charge on any atom is -0.268 e. The smallest absolute Gasteiger partial charge is 0.268 e. The quantitative estimate of drug-likeness (QED) is 0.832. The van der Waals surface area contributed by atoms with Crippen molar-refractivity contribution >= 4 is 0 Å². The zero-order chi connectivity index (χ0) is 13.3. The van der Waals surface area contributed by atoms with Gasteiger partial charge in [-0.3, -0.25) is 14.7 Å². The predicted molar refractivity (Wildman–Crippen MR) is 71.4 cm³/mol. The summed E-state index contributed by atoms with van der Waals surface area (Å²) in [5.41, 5.74) is 1.35. The topological polar surface area (TPSA) is 54.9 Å². The van der Waals surface area contributed by atoms with Gasteiger partial charge < -0.3 is 0 Å². The van der Waals surface area contributed by atoms with Crippen LogP contribution in [0, 0.1) is 0 Å². The van der Waals surface area contributed by atoms with E-state index in [9.17, 15) is 9.59 Å². The lowest BCUT2D eigenvalue weighted by Gasteiger charge is -2.19. The van der Waals surface area contributed by atoms with E-state index in [1.54, 1.807) is 0 Å². The Labute approximate surface area is 105 Å². The van der Waals surface area contributed by atoms with Crippen LogP contribution in [0.1, 0.15) is 26.3 Å². The first-order valence-electron chi connectivity index (χ1n) is 5.81. The van der Waals surface area contributed by atoms with Gasteiger partial charge in [0.25, 0.3) is 11.1 Å². The minimum atomic E-state index is -0.297. The summed E-state index contributed by atoms with van der Waals surface area (Å²) >= 11 is 0. The number of aromatic amines is 1. The maximum atomic E-state index is 11.6.